The normalized spacial score (nSPS) is 52.3. The molecule has 8 rings (SSSR count). The van der Waals surface area contributed by atoms with Crippen LogP contribution in [0.15, 0.2) is 11.6 Å². The van der Waals surface area contributed by atoms with E-state index in [1.54, 1.807) is 7.11 Å². The lowest BCUT2D eigenvalue weighted by Gasteiger charge is -2.72. The Morgan fingerprint density at radius 2 is 1.28 bits per heavy atom. The molecule has 0 spiro atoms. The first-order valence-electron chi connectivity index (χ1n) is 25.3. The van der Waals surface area contributed by atoms with Gasteiger partial charge in [-0.05, 0) is 89.8 Å². The van der Waals surface area contributed by atoms with Gasteiger partial charge in [-0.25, -0.2) is 4.79 Å². The summed E-state index contributed by atoms with van der Waals surface area (Å²) in [5.74, 6) is -2.38. The lowest BCUT2D eigenvalue weighted by molar-refractivity contribution is -0.386. The summed E-state index contributed by atoms with van der Waals surface area (Å²) in [5.41, 5.74) is -2.41. The van der Waals surface area contributed by atoms with Gasteiger partial charge in [-0.3, -0.25) is 4.79 Å². The summed E-state index contributed by atoms with van der Waals surface area (Å²) in [4.78, 5) is 25.5. The average Bonchev–Trinajstić information content (AvgIpc) is 3.56. The summed E-state index contributed by atoms with van der Waals surface area (Å²) >= 11 is 0. The minimum atomic E-state index is -2.08. The van der Waals surface area contributed by atoms with Crippen LogP contribution in [0.5, 0.6) is 0 Å². The third kappa shape index (κ3) is 8.47. The number of aliphatic hydroxyl groups excluding tert-OH is 10. The van der Waals surface area contributed by atoms with E-state index in [1.807, 2.05) is 0 Å². The second-order valence-corrected chi connectivity index (χ2v) is 24.1. The minimum absolute atomic E-state index is 0.0138. The van der Waals surface area contributed by atoms with E-state index in [-0.39, 0.29) is 28.6 Å². The van der Waals surface area contributed by atoms with Crippen molar-refractivity contribution >= 4 is 11.9 Å². The molecule has 3 heterocycles. The van der Waals surface area contributed by atoms with Gasteiger partial charge in [-0.2, -0.15) is 0 Å². The third-order valence-corrected chi connectivity index (χ3v) is 19.8. The summed E-state index contributed by atoms with van der Waals surface area (Å²) in [7, 11) is 1.57. The lowest BCUT2D eigenvalue weighted by Crippen LogP contribution is -2.72. The second-order valence-electron chi connectivity index (χ2n) is 24.1. The van der Waals surface area contributed by atoms with Crippen molar-refractivity contribution in [1.29, 1.82) is 0 Å². The Bertz CT molecular complexity index is 1980. The lowest BCUT2D eigenvalue weighted by atomic mass is 9.33. The molecule has 0 radical (unpaired) electrons. The van der Waals surface area contributed by atoms with Crippen molar-refractivity contribution in [3.63, 3.8) is 0 Å². The van der Waals surface area contributed by atoms with Gasteiger partial charge in [0.2, 0.25) is 0 Å². The molecule has 8 unspecified atom stereocenters. The molecule has 4 saturated carbocycles. The van der Waals surface area contributed by atoms with Crippen molar-refractivity contribution in [3.8, 4) is 0 Å². The summed E-state index contributed by atoms with van der Waals surface area (Å²) in [6.07, 6.45) is -21.5. The Hall–Kier alpha value is -2.00. The van der Waals surface area contributed by atoms with E-state index in [2.05, 4.69) is 54.5 Å². The monoisotopic (exact) mass is 1020 g/mol. The fourth-order valence-corrected chi connectivity index (χ4v) is 15.9. The SMILES string of the molecule is CO[C@H]1[C@H](OC(C)=O)[C@@]2(CO)C(CC1(C)C)C1=CCC3[C@@]4(C)CC[C@H](O[C@@H]5OC(C(=O)O)[C@@H](O)[C@@H](O[C@@H]6O[C@@H](CO)[C@@H](O)C6O)C5O[C@@H]5OC(CO)[C@H](O)[C@@H](O)C5O)C(C)(C)C4CC[C@@]3(C)[C@]1(C)C[C@H]2O. The first kappa shape index (κ1) is 55.2. The number of carboxylic acid groups (broad SMARTS) is 1. The summed E-state index contributed by atoms with van der Waals surface area (Å²) < 4.78 is 48.5. The molecule has 0 aromatic carbocycles. The maximum Gasteiger partial charge on any atom is 0.335 e. The van der Waals surface area contributed by atoms with Crippen LogP contribution in [0, 0.1) is 50.2 Å². The van der Waals surface area contributed by atoms with Crippen LogP contribution in [-0.4, -0.2) is 205 Å². The van der Waals surface area contributed by atoms with Gasteiger partial charge in [0.1, 0.15) is 67.1 Å². The highest BCUT2D eigenvalue weighted by Gasteiger charge is 2.73. The van der Waals surface area contributed by atoms with Crippen LogP contribution in [0.25, 0.3) is 0 Å². The quantitative estimate of drug-likeness (QED) is 0.0666. The molecule has 21 heteroatoms. The molecule has 3 aliphatic heterocycles. The molecule has 7 fully saturated rings. The highest BCUT2D eigenvalue weighted by Crippen LogP contribution is 2.76. The Balaban J connectivity index is 1.11. The minimum Gasteiger partial charge on any atom is -0.479 e. The number of hydrogen-bond acceptors (Lipinski definition) is 20. The number of carboxylic acids is 1. The molecule has 11 N–H and O–H groups in total. The van der Waals surface area contributed by atoms with E-state index < -0.39 is 164 Å². The van der Waals surface area contributed by atoms with Gasteiger partial charge >= 0.3 is 11.9 Å². The number of fused-ring (bicyclic) bond motifs is 7. The number of carbonyl (C=O) groups excluding carboxylic acids is 1. The van der Waals surface area contributed by atoms with Crippen LogP contribution in [0.2, 0.25) is 0 Å². The number of hydrogen-bond donors (Lipinski definition) is 11. The van der Waals surface area contributed by atoms with E-state index >= 15 is 0 Å². The molecule has 21 nitrogen and oxygen atoms in total. The number of aliphatic hydroxyl groups is 10. The molecule has 0 aromatic rings. The van der Waals surface area contributed by atoms with Crippen LogP contribution >= 0.6 is 0 Å². The first-order chi connectivity index (χ1) is 33.1. The van der Waals surface area contributed by atoms with Crippen molar-refractivity contribution in [1.82, 2.24) is 0 Å². The van der Waals surface area contributed by atoms with Crippen LogP contribution < -0.4 is 0 Å². The summed E-state index contributed by atoms with van der Waals surface area (Å²) in [6.45, 7) is 14.6. The molecule has 3 saturated heterocycles. The number of methoxy groups -OCH3 is 1. The highest BCUT2D eigenvalue weighted by molar-refractivity contribution is 5.73. The fraction of sp³-hybridized carbons (Fsp3) is 0.920. The van der Waals surface area contributed by atoms with Crippen molar-refractivity contribution in [3.05, 3.63) is 11.6 Å². The number of rotatable bonds is 12. The van der Waals surface area contributed by atoms with E-state index in [1.165, 1.54) is 6.92 Å². The van der Waals surface area contributed by atoms with Crippen molar-refractivity contribution in [2.75, 3.05) is 26.9 Å². The zero-order valence-electron chi connectivity index (χ0n) is 42.3. The van der Waals surface area contributed by atoms with Gasteiger partial charge in [-0.1, -0.05) is 60.1 Å². The van der Waals surface area contributed by atoms with Crippen LogP contribution in [0.3, 0.4) is 0 Å². The predicted molar refractivity (Wildman–Crippen MR) is 243 cm³/mol. The molecule has 5 aliphatic carbocycles. The van der Waals surface area contributed by atoms with Gasteiger partial charge in [-0.15, -0.1) is 0 Å². The topological polar surface area (TPSA) is 331 Å². The highest BCUT2D eigenvalue weighted by atomic mass is 16.8. The van der Waals surface area contributed by atoms with Crippen LogP contribution in [0.4, 0.5) is 0 Å². The summed E-state index contributed by atoms with van der Waals surface area (Å²) in [5, 5.41) is 120. The van der Waals surface area contributed by atoms with Crippen LogP contribution in [0.1, 0.15) is 100 Å². The zero-order valence-corrected chi connectivity index (χ0v) is 42.3. The standard InChI is InChI=1S/C50H80O21/c1-21(54)65-40-39(64-9)45(2,3)16-23-22-10-11-27-47(6)14-13-29(46(4,5)26(47)12-15-48(27,7)49(22,8)17-28(55)50(23,40)20-53)68-44-38(71-43-34(60)32(58)30(56)24(18-51)66-43)36(35(61)37(70-44)41(62)63)69-42-33(59)31(57)25(19-52)67-42/h10,23-40,42-44,51-53,55-61H,11-20H2,1-9H3,(H,62,63)/t23?,24?,25-,26?,27?,28+,29-,30-,31+,32+,33?,34?,35-,36+,37?,38?,39-,40-,42-,43-,44+,47-,48+,49+,50-/m0/s1. The van der Waals surface area contributed by atoms with Gasteiger partial charge in [0.15, 0.2) is 25.0 Å². The predicted octanol–water partition coefficient (Wildman–Crippen LogP) is -0.517. The Morgan fingerprint density at radius 3 is 1.85 bits per heavy atom. The summed E-state index contributed by atoms with van der Waals surface area (Å²) in [6, 6.07) is 0. The Labute approximate surface area is 414 Å². The average molecular weight is 1020 g/mol. The van der Waals surface area contributed by atoms with Gasteiger partial charge in [0.25, 0.3) is 0 Å². The molecule has 71 heavy (non-hydrogen) atoms. The van der Waals surface area contributed by atoms with E-state index in [4.69, 9.17) is 37.9 Å². The molecule has 0 bridgehead atoms. The van der Waals surface area contributed by atoms with Gasteiger partial charge < -0.3 is 94.1 Å². The number of esters is 1. The van der Waals surface area contributed by atoms with Crippen molar-refractivity contribution < 1.29 is 104 Å². The number of carbonyl (C=O) groups is 2. The second kappa shape index (κ2) is 19.5. The Morgan fingerprint density at radius 1 is 0.690 bits per heavy atom. The largest absolute Gasteiger partial charge is 0.479 e. The third-order valence-electron chi connectivity index (χ3n) is 19.8. The van der Waals surface area contributed by atoms with Gasteiger partial charge in [0.05, 0.1) is 43.5 Å². The number of aliphatic carboxylic acids is 1. The number of ether oxygens (including phenoxy) is 8. The molecule has 0 aromatic heterocycles. The van der Waals surface area contributed by atoms with E-state index in [0.29, 0.717) is 32.1 Å². The fourth-order valence-electron chi connectivity index (χ4n) is 15.9. The first-order valence-corrected chi connectivity index (χ1v) is 25.3. The molecule has 25 atom stereocenters. The molecule has 406 valence electrons. The molecular weight excluding hydrogens is 937 g/mol. The maximum atomic E-state index is 12.8. The van der Waals surface area contributed by atoms with Crippen molar-refractivity contribution in [2.24, 2.45) is 50.2 Å². The van der Waals surface area contributed by atoms with E-state index in [0.717, 1.165) is 18.4 Å². The smallest absolute Gasteiger partial charge is 0.335 e. The molecule has 8 aliphatic rings. The Kier molecular flexibility index (Phi) is 15.2. The van der Waals surface area contributed by atoms with Crippen LogP contribution in [-0.2, 0) is 47.5 Å². The molecular formula is C50H80O21. The molecule has 0 amide bonds. The van der Waals surface area contributed by atoms with Gasteiger partial charge in [0, 0.05) is 14.0 Å². The maximum absolute atomic E-state index is 12.8. The number of allylic oxidation sites excluding steroid dienone is 2. The zero-order chi connectivity index (χ0) is 52.3. The van der Waals surface area contributed by atoms with Crippen molar-refractivity contribution in [2.45, 2.75) is 211 Å². The van der Waals surface area contributed by atoms with E-state index in [9.17, 15) is 65.8 Å².